The number of nitrogens with one attached hydrogen (secondary N) is 1. The van der Waals surface area contributed by atoms with Crippen LogP contribution in [0.3, 0.4) is 0 Å². The Labute approximate surface area is 207 Å². The molecule has 2 unspecified atom stereocenters. The Hall–Kier alpha value is -2.77. The molecule has 1 amide bonds. The third-order valence-electron chi connectivity index (χ3n) is 8.47. The summed E-state index contributed by atoms with van der Waals surface area (Å²) in [6.45, 7) is 5.34. The average Bonchev–Trinajstić information content (AvgIpc) is 3.40. The lowest BCUT2D eigenvalue weighted by molar-refractivity contribution is 0.0944. The minimum atomic E-state index is -0.350. The summed E-state index contributed by atoms with van der Waals surface area (Å²) in [6, 6.07) is 7.96. The largest absolute Gasteiger partial charge is 0.385 e. The maximum atomic E-state index is 13.0. The van der Waals surface area contributed by atoms with Crippen LogP contribution in [0.15, 0.2) is 47.6 Å². The van der Waals surface area contributed by atoms with E-state index < -0.39 is 0 Å². The van der Waals surface area contributed by atoms with Gasteiger partial charge >= 0.3 is 0 Å². The van der Waals surface area contributed by atoms with Crippen LogP contribution >= 0.6 is 0 Å². The average molecular weight is 476 g/mol. The van der Waals surface area contributed by atoms with Gasteiger partial charge in [-0.05, 0) is 81.9 Å². The zero-order valence-corrected chi connectivity index (χ0v) is 21.1. The Morgan fingerprint density at radius 3 is 2.60 bits per heavy atom. The number of carbonyl (C=O) groups excluding carboxylic acids is 1. The van der Waals surface area contributed by atoms with Gasteiger partial charge in [0.1, 0.15) is 0 Å². The maximum absolute atomic E-state index is 13.0. The highest BCUT2D eigenvalue weighted by Gasteiger charge is 2.56. The van der Waals surface area contributed by atoms with Gasteiger partial charge < -0.3 is 15.8 Å². The maximum Gasteiger partial charge on any atom is 0.255 e. The van der Waals surface area contributed by atoms with Crippen molar-refractivity contribution in [3.05, 3.63) is 59.4 Å². The highest BCUT2D eigenvalue weighted by atomic mass is 16.5. The summed E-state index contributed by atoms with van der Waals surface area (Å²) in [5, 5.41) is 7.53. The van der Waals surface area contributed by atoms with Crippen LogP contribution in [0.5, 0.6) is 0 Å². The molecule has 5 rings (SSSR count). The molecule has 7 heteroatoms. The van der Waals surface area contributed by atoms with Crippen molar-refractivity contribution in [3.8, 4) is 5.69 Å². The van der Waals surface area contributed by atoms with Crippen LogP contribution in [-0.4, -0.2) is 53.2 Å². The predicted octanol–water partition coefficient (Wildman–Crippen LogP) is 3.91. The second-order valence-corrected chi connectivity index (χ2v) is 10.8. The Morgan fingerprint density at radius 2 is 1.94 bits per heavy atom. The molecule has 3 aliphatic rings. The van der Waals surface area contributed by atoms with Crippen molar-refractivity contribution in [2.45, 2.75) is 64.0 Å². The van der Waals surface area contributed by atoms with Crippen molar-refractivity contribution < 1.29 is 9.53 Å². The molecule has 1 aliphatic heterocycles. The van der Waals surface area contributed by atoms with Crippen molar-refractivity contribution in [2.24, 2.45) is 22.1 Å². The number of aryl methyl sites for hydroxylation is 1. The summed E-state index contributed by atoms with van der Waals surface area (Å²) in [5.74, 6) is 0.668. The standard InChI is InChI=1S/C28H37N5O2/c1-19-4-7-23(8-5-19)33-20(2)24(18-31-33)26(34)32-22-6-9-25(30-17-22)28(29)13-11-27(12-14-28)16-21(27)10-15-35-3/h4-9,18,21-22H,10-17,29H2,1-3H3,(H,32,34). The van der Waals surface area contributed by atoms with Gasteiger partial charge in [0.15, 0.2) is 0 Å². The van der Waals surface area contributed by atoms with Gasteiger partial charge in [-0.3, -0.25) is 9.79 Å². The Bertz CT molecular complexity index is 1140. The first-order chi connectivity index (χ1) is 16.8. The zero-order valence-electron chi connectivity index (χ0n) is 21.1. The van der Waals surface area contributed by atoms with Crippen molar-refractivity contribution in [3.63, 3.8) is 0 Å². The number of aliphatic imine (C=N–C) groups is 1. The second kappa shape index (κ2) is 9.36. The molecule has 3 N–H and O–H groups in total. The number of nitrogens with zero attached hydrogens (tertiary/aromatic N) is 3. The molecule has 0 radical (unpaired) electrons. The van der Waals surface area contributed by atoms with Gasteiger partial charge in [0.05, 0.1) is 47.0 Å². The molecule has 35 heavy (non-hydrogen) atoms. The smallest absolute Gasteiger partial charge is 0.255 e. The van der Waals surface area contributed by atoms with Crippen molar-refractivity contribution in [1.82, 2.24) is 15.1 Å². The monoisotopic (exact) mass is 475 g/mol. The topological polar surface area (TPSA) is 94.5 Å². The molecule has 0 saturated heterocycles. The Morgan fingerprint density at radius 1 is 1.20 bits per heavy atom. The molecular formula is C28H37N5O2. The van der Waals surface area contributed by atoms with E-state index in [0.29, 0.717) is 17.5 Å². The fourth-order valence-corrected chi connectivity index (χ4v) is 5.92. The van der Waals surface area contributed by atoms with E-state index in [1.54, 1.807) is 18.0 Å². The van der Waals surface area contributed by atoms with Gasteiger partial charge in [0.2, 0.25) is 0 Å². The SMILES string of the molecule is COCCC1CC12CCC(N)(C1=NCC(NC(=O)c3cnn(-c4ccc(C)cc4)c3C)C=C1)CC2. The Balaban J connectivity index is 1.17. The van der Waals surface area contributed by atoms with Crippen LogP contribution < -0.4 is 11.1 Å². The van der Waals surface area contributed by atoms with Crippen LogP contribution in [0, 0.1) is 25.2 Å². The highest BCUT2D eigenvalue weighted by molar-refractivity contribution is 6.03. The third kappa shape index (κ3) is 4.71. The Kier molecular flexibility index (Phi) is 6.40. The third-order valence-corrected chi connectivity index (χ3v) is 8.47. The summed E-state index contributed by atoms with van der Waals surface area (Å²) in [6.07, 6.45) is 12.5. The summed E-state index contributed by atoms with van der Waals surface area (Å²) in [7, 11) is 1.78. The minimum Gasteiger partial charge on any atom is -0.385 e. The molecule has 1 aromatic carbocycles. The first-order valence-electron chi connectivity index (χ1n) is 12.8. The normalized spacial score (nSPS) is 29.8. The van der Waals surface area contributed by atoms with Crippen LogP contribution in [0.4, 0.5) is 0 Å². The number of methoxy groups -OCH3 is 1. The molecule has 0 bridgehead atoms. The lowest BCUT2D eigenvalue weighted by Crippen LogP contribution is -2.52. The first kappa shape index (κ1) is 23.9. The summed E-state index contributed by atoms with van der Waals surface area (Å²) >= 11 is 0. The number of nitrogens with two attached hydrogens (primary N) is 1. The van der Waals surface area contributed by atoms with Gasteiger partial charge in [0, 0.05) is 13.7 Å². The number of carbonyl (C=O) groups is 1. The van der Waals surface area contributed by atoms with Crippen LogP contribution in [0.25, 0.3) is 5.69 Å². The van der Waals surface area contributed by atoms with Crippen molar-refractivity contribution in [2.75, 3.05) is 20.3 Å². The quantitative estimate of drug-likeness (QED) is 0.635. The predicted molar refractivity (Wildman–Crippen MR) is 138 cm³/mol. The molecule has 2 heterocycles. The number of amides is 1. The van der Waals surface area contributed by atoms with Gasteiger partial charge in [-0.25, -0.2) is 4.68 Å². The molecule has 1 aromatic heterocycles. The zero-order chi connectivity index (χ0) is 24.6. The van der Waals surface area contributed by atoms with E-state index in [2.05, 4.69) is 10.4 Å². The van der Waals surface area contributed by atoms with E-state index in [1.165, 1.54) is 31.2 Å². The molecule has 2 fully saturated rings. The lowest BCUT2D eigenvalue weighted by Gasteiger charge is -2.39. The van der Waals surface area contributed by atoms with Crippen LogP contribution in [0.2, 0.25) is 0 Å². The van der Waals surface area contributed by atoms with Crippen molar-refractivity contribution >= 4 is 11.6 Å². The highest BCUT2D eigenvalue weighted by Crippen LogP contribution is 2.63. The van der Waals surface area contributed by atoms with Crippen LogP contribution in [0.1, 0.15) is 60.1 Å². The molecule has 7 nitrogen and oxygen atoms in total. The number of hydrogen-bond acceptors (Lipinski definition) is 5. The van der Waals surface area contributed by atoms with Gasteiger partial charge in [-0.2, -0.15) is 5.10 Å². The molecule has 186 valence electrons. The fraction of sp³-hybridized carbons (Fsp3) is 0.536. The number of rotatable bonds is 7. The summed E-state index contributed by atoms with van der Waals surface area (Å²) in [4.78, 5) is 17.8. The van der Waals surface area contributed by atoms with E-state index in [1.807, 2.05) is 50.3 Å². The van der Waals surface area contributed by atoms with E-state index in [-0.39, 0.29) is 17.5 Å². The molecule has 2 atom stereocenters. The van der Waals surface area contributed by atoms with E-state index in [4.69, 9.17) is 15.5 Å². The molecular weight excluding hydrogens is 438 g/mol. The first-order valence-corrected chi connectivity index (χ1v) is 12.8. The number of ether oxygens (including phenoxy) is 1. The van der Waals surface area contributed by atoms with Gasteiger partial charge in [0.25, 0.3) is 5.91 Å². The van der Waals surface area contributed by atoms with E-state index >= 15 is 0 Å². The fourth-order valence-electron chi connectivity index (χ4n) is 5.92. The molecule has 2 saturated carbocycles. The number of dihydropyridines is 1. The van der Waals surface area contributed by atoms with Crippen molar-refractivity contribution in [1.29, 1.82) is 0 Å². The molecule has 2 aliphatic carbocycles. The van der Waals surface area contributed by atoms with Gasteiger partial charge in [-0.1, -0.05) is 23.8 Å². The van der Waals surface area contributed by atoms with E-state index in [0.717, 1.165) is 42.5 Å². The molecule has 2 aromatic rings. The second-order valence-electron chi connectivity index (χ2n) is 10.8. The van der Waals surface area contributed by atoms with Crippen LogP contribution in [-0.2, 0) is 4.74 Å². The summed E-state index contributed by atoms with van der Waals surface area (Å²) in [5.41, 5.74) is 11.5. The number of aromatic nitrogens is 2. The lowest BCUT2D eigenvalue weighted by atomic mass is 9.71. The summed E-state index contributed by atoms with van der Waals surface area (Å²) < 4.78 is 7.07. The minimum absolute atomic E-state index is 0.132. The molecule has 1 spiro atoms. The van der Waals surface area contributed by atoms with E-state index in [9.17, 15) is 4.79 Å². The number of hydrogen-bond donors (Lipinski definition) is 2. The number of benzene rings is 1. The van der Waals surface area contributed by atoms with Gasteiger partial charge in [-0.15, -0.1) is 0 Å².